The van der Waals surface area contributed by atoms with Gasteiger partial charge in [-0.05, 0) is 60.9 Å². The molecule has 1 aromatic carbocycles. The van der Waals surface area contributed by atoms with Crippen molar-refractivity contribution in [3.8, 4) is 11.1 Å². The standard InChI is InChI=1S/C22H24ClN3O2/c1-27-18-4-6-21(7-5-18)10-15-3-2-14(16-8-17(23)12-25-11-16)9-19(15)22(21)13-28-20(24)26-22/h2-3,8-9,11-12,18H,4-7,10,13H2,1H3,(H2,24,26). The minimum Gasteiger partial charge on any atom is -0.462 e. The van der Waals surface area contributed by atoms with Crippen LogP contribution < -0.4 is 5.73 Å². The highest BCUT2D eigenvalue weighted by molar-refractivity contribution is 6.30. The fourth-order valence-corrected chi connectivity index (χ4v) is 5.65. The van der Waals surface area contributed by atoms with Crippen LogP contribution in [0.4, 0.5) is 0 Å². The predicted octanol–water partition coefficient (Wildman–Crippen LogP) is 4.07. The lowest BCUT2D eigenvalue weighted by Gasteiger charge is -2.45. The van der Waals surface area contributed by atoms with E-state index in [9.17, 15) is 0 Å². The molecule has 1 aromatic heterocycles. The van der Waals surface area contributed by atoms with E-state index in [0.29, 0.717) is 23.8 Å². The first-order valence-corrected chi connectivity index (χ1v) is 10.2. The van der Waals surface area contributed by atoms with Crippen LogP contribution in [0.25, 0.3) is 11.1 Å². The summed E-state index contributed by atoms with van der Waals surface area (Å²) in [5, 5.41) is 0.633. The maximum absolute atomic E-state index is 6.16. The van der Waals surface area contributed by atoms with Crippen molar-refractivity contribution in [1.29, 1.82) is 0 Å². The summed E-state index contributed by atoms with van der Waals surface area (Å²) in [7, 11) is 1.81. The fraction of sp³-hybridized carbons (Fsp3) is 0.455. The van der Waals surface area contributed by atoms with Crippen LogP contribution in [0, 0.1) is 5.41 Å². The van der Waals surface area contributed by atoms with E-state index in [0.717, 1.165) is 43.2 Å². The Kier molecular flexibility index (Phi) is 4.14. The summed E-state index contributed by atoms with van der Waals surface area (Å²) < 4.78 is 11.4. The van der Waals surface area contributed by atoms with Gasteiger partial charge < -0.3 is 15.2 Å². The summed E-state index contributed by atoms with van der Waals surface area (Å²) in [4.78, 5) is 9.17. The number of pyridine rings is 1. The number of aliphatic imine (C=N–C) groups is 1. The quantitative estimate of drug-likeness (QED) is 0.829. The summed E-state index contributed by atoms with van der Waals surface area (Å²) >= 11 is 6.16. The molecular formula is C22H24ClN3O2. The Morgan fingerprint density at radius 3 is 2.68 bits per heavy atom. The van der Waals surface area contributed by atoms with E-state index < -0.39 is 5.54 Å². The van der Waals surface area contributed by atoms with E-state index >= 15 is 0 Å². The molecule has 2 aliphatic carbocycles. The average molecular weight is 398 g/mol. The molecule has 6 heteroatoms. The summed E-state index contributed by atoms with van der Waals surface area (Å²) in [6.45, 7) is 0.515. The van der Waals surface area contributed by atoms with Crippen LogP contribution in [0.5, 0.6) is 0 Å². The molecule has 5 rings (SSSR count). The maximum atomic E-state index is 6.16. The number of halogens is 1. The molecule has 2 aromatic rings. The largest absolute Gasteiger partial charge is 0.462 e. The monoisotopic (exact) mass is 397 g/mol. The first kappa shape index (κ1) is 18.0. The lowest BCUT2D eigenvalue weighted by Crippen LogP contribution is -2.46. The molecule has 1 aliphatic heterocycles. The van der Waals surface area contributed by atoms with Crippen molar-refractivity contribution in [2.24, 2.45) is 16.1 Å². The number of nitrogens with two attached hydrogens (primary N) is 1. The van der Waals surface area contributed by atoms with E-state index in [4.69, 9.17) is 31.8 Å². The van der Waals surface area contributed by atoms with Crippen molar-refractivity contribution in [2.45, 2.75) is 43.7 Å². The topological polar surface area (TPSA) is 69.7 Å². The van der Waals surface area contributed by atoms with E-state index in [-0.39, 0.29) is 5.41 Å². The molecule has 1 unspecified atom stereocenters. The normalized spacial score (nSPS) is 31.1. The molecule has 0 saturated heterocycles. The zero-order valence-corrected chi connectivity index (χ0v) is 16.7. The zero-order chi connectivity index (χ0) is 19.4. The number of hydrogen-bond donors (Lipinski definition) is 1. The number of rotatable bonds is 2. The Morgan fingerprint density at radius 1 is 1.18 bits per heavy atom. The number of fused-ring (bicyclic) bond motifs is 3. The number of nitrogens with zero attached hydrogens (tertiary/aromatic N) is 2. The lowest BCUT2D eigenvalue weighted by atomic mass is 9.62. The molecule has 2 heterocycles. The molecule has 1 atom stereocenters. The smallest absolute Gasteiger partial charge is 0.283 e. The second-order valence-corrected chi connectivity index (χ2v) is 8.69. The molecular weight excluding hydrogens is 374 g/mol. The van der Waals surface area contributed by atoms with Gasteiger partial charge in [0.2, 0.25) is 0 Å². The molecule has 2 N–H and O–H groups in total. The van der Waals surface area contributed by atoms with Gasteiger partial charge >= 0.3 is 0 Å². The van der Waals surface area contributed by atoms with Crippen molar-refractivity contribution in [3.05, 3.63) is 52.8 Å². The molecule has 3 aliphatic rings. The molecule has 0 bridgehead atoms. The highest BCUT2D eigenvalue weighted by atomic mass is 35.5. The average Bonchev–Trinajstić information content (AvgIpc) is 3.22. The summed E-state index contributed by atoms with van der Waals surface area (Å²) in [5.41, 5.74) is 10.3. The third-order valence-corrected chi connectivity index (χ3v) is 7.16. The predicted molar refractivity (Wildman–Crippen MR) is 109 cm³/mol. The number of methoxy groups -OCH3 is 1. The van der Waals surface area contributed by atoms with Crippen LogP contribution in [0.3, 0.4) is 0 Å². The van der Waals surface area contributed by atoms with E-state index in [2.05, 4.69) is 23.2 Å². The molecule has 146 valence electrons. The van der Waals surface area contributed by atoms with Crippen molar-refractivity contribution in [2.75, 3.05) is 13.7 Å². The second-order valence-electron chi connectivity index (χ2n) is 8.25. The fourth-order valence-electron chi connectivity index (χ4n) is 5.47. The third-order valence-electron chi connectivity index (χ3n) is 6.95. The van der Waals surface area contributed by atoms with Gasteiger partial charge in [-0.15, -0.1) is 0 Å². The molecule has 28 heavy (non-hydrogen) atoms. The van der Waals surface area contributed by atoms with Crippen LogP contribution >= 0.6 is 11.6 Å². The van der Waals surface area contributed by atoms with E-state index in [1.807, 2.05) is 19.4 Å². The van der Waals surface area contributed by atoms with Crippen molar-refractivity contribution < 1.29 is 9.47 Å². The van der Waals surface area contributed by atoms with E-state index in [1.54, 1.807) is 6.20 Å². The Balaban J connectivity index is 1.61. The van der Waals surface area contributed by atoms with Gasteiger partial charge in [0.05, 0.1) is 11.1 Å². The maximum Gasteiger partial charge on any atom is 0.283 e. The minimum absolute atomic E-state index is 0.0384. The van der Waals surface area contributed by atoms with Crippen LogP contribution in [0.2, 0.25) is 5.02 Å². The van der Waals surface area contributed by atoms with Gasteiger partial charge in [-0.25, -0.2) is 4.99 Å². The summed E-state index contributed by atoms with van der Waals surface area (Å²) in [5.74, 6) is 0. The van der Waals surface area contributed by atoms with Crippen LogP contribution in [0.15, 0.2) is 41.7 Å². The number of ether oxygens (including phenoxy) is 2. The van der Waals surface area contributed by atoms with Gasteiger partial charge in [-0.2, -0.15) is 0 Å². The van der Waals surface area contributed by atoms with Crippen molar-refractivity contribution >= 4 is 17.6 Å². The zero-order valence-electron chi connectivity index (χ0n) is 16.0. The summed E-state index contributed by atoms with van der Waals surface area (Å²) in [6, 6.07) is 8.87. The van der Waals surface area contributed by atoms with E-state index in [1.165, 1.54) is 11.1 Å². The molecule has 0 radical (unpaired) electrons. The van der Waals surface area contributed by atoms with Crippen LogP contribution in [0.1, 0.15) is 36.8 Å². The van der Waals surface area contributed by atoms with Gasteiger partial charge in [-0.3, -0.25) is 4.98 Å². The van der Waals surface area contributed by atoms with Crippen LogP contribution in [-0.4, -0.2) is 30.8 Å². The number of benzene rings is 1. The Morgan fingerprint density at radius 2 is 2.00 bits per heavy atom. The van der Waals surface area contributed by atoms with Gasteiger partial charge in [0.25, 0.3) is 6.02 Å². The highest BCUT2D eigenvalue weighted by Gasteiger charge is 2.61. The molecule has 0 amide bonds. The first-order valence-electron chi connectivity index (χ1n) is 9.81. The molecule has 5 nitrogen and oxygen atoms in total. The minimum atomic E-state index is -0.410. The third kappa shape index (κ3) is 2.56. The molecule has 1 saturated carbocycles. The van der Waals surface area contributed by atoms with Gasteiger partial charge in [0.15, 0.2) is 0 Å². The Hall–Kier alpha value is -2.11. The molecule has 1 fully saturated rings. The lowest BCUT2D eigenvalue weighted by molar-refractivity contribution is -0.00983. The van der Waals surface area contributed by atoms with Crippen LogP contribution in [-0.2, 0) is 21.4 Å². The second kappa shape index (κ2) is 6.46. The highest BCUT2D eigenvalue weighted by Crippen LogP contribution is 2.61. The van der Waals surface area contributed by atoms with Gasteiger partial charge in [-0.1, -0.05) is 23.7 Å². The van der Waals surface area contributed by atoms with Crippen molar-refractivity contribution in [3.63, 3.8) is 0 Å². The first-order chi connectivity index (χ1) is 13.6. The van der Waals surface area contributed by atoms with Gasteiger partial charge in [0.1, 0.15) is 12.1 Å². The SMILES string of the molecule is COC1CCC2(CC1)Cc1ccc(-c3cncc(Cl)c3)cc1C21COC(N)=N1. The number of aromatic nitrogens is 1. The van der Waals surface area contributed by atoms with Crippen molar-refractivity contribution in [1.82, 2.24) is 4.98 Å². The number of amidine groups is 1. The Bertz CT molecular complexity index is 953. The summed E-state index contributed by atoms with van der Waals surface area (Å²) in [6.07, 6.45) is 9.06. The number of hydrogen-bond acceptors (Lipinski definition) is 5. The molecule has 2 spiro atoms. The van der Waals surface area contributed by atoms with Gasteiger partial charge in [0, 0.05) is 30.5 Å². The Labute approximate surface area is 169 Å².